The zero-order chi connectivity index (χ0) is 24.2. The van der Waals surface area contributed by atoms with Crippen molar-refractivity contribution in [2.45, 2.75) is 6.54 Å². The lowest BCUT2D eigenvalue weighted by Gasteiger charge is -2.12. The second kappa shape index (κ2) is 9.44. The van der Waals surface area contributed by atoms with Crippen molar-refractivity contribution in [3.05, 3.63) is 118 Å². The highest BCUT2D eigenvalue weighted by Crippen LogP contribution is 2.24. The third-order valence-corrected chi connectivity index (χ3v) is 5.54. The van der Waals surface area contributed by atoms with Crippen LogP contribution in [0.5, 0.6) is 0 Å². The van der Waals surface area contributed by atoms with Crippen LogP contribution < -0.4 is 16.4 Å². The molecule has 0 aliphatic rings. The number of nitrogens with one attached hydrogen (secondary N) is 3. The highest BCUT2D eigenvalue weighted by molar-refractivity contribution is 6.07. The van der Waals surface area contributed by atoms with Crippen LogP contribution in [0, 0.1) is 0 Å². The Labute approximate surface area is 199 Å². The number of rotatable bonds is 5. The molecular formula is C26H20N6O3. The van der Waals surface area contributed by atoms with Crippen molar-refractivity contribution in [1.29, 1.82) is 0 Å². The van der Waals surface area contributed by atoms with E-state index >= 15 is 0 Å². The minimum Gasteiger partial charge on any atom is -0.268 e. The number of hydrogen-bond donors (Lipinski definition) is 3. The SMILES string of the molecule is O=C(NNC(=O)c1n[nH]c(=O)c2ccccc12)c1ccccc1-c1ccc(Cn2cccn2)cc1. The van der Waals surface area contributed by atoms with Gasteiger partial charge in [0.2, 0.25) is 0 Å². The van der Waals surface area contributed by atoms with Crippen molar-refractivity contribution >= 4 is 22.6 Å². The van der Waals surface area contributed by atoms with Crippen LogP contribution in [0.1, 0.15) is 26.4 Å². The van der Waals surface area contributed by atoms with E-state index in [4.69, 9.17) is 0 Å². The van der Waals surface area contributed by atoms with Gasteiger partial charge in [-0.3, -0.25) is 29.9 Å². The Morgan fingerprint density at radius 1 is 0.829 bits per heavy atom. The fourth-order valence-electron chi connectivity index (χ4n) is 3.83. The van der Waals surface area contributed by atoms with Crippen molar-refractivity contribution in [2.75, 3.05) is 0 Å². The van der Waals surface area contributed by atoms with Crippen LogP contribution in [0.15, 0.2) is 96.1 Å². The quantitative estimate of drug-likeness (QED) is 0.345. The topological polar surface area (TPSA) is 122 Å². The number of H-pyrrole nitrogens is 1. The highest BCUT2D eigenvalue weighted by atomic mass is 16.2. The van der Waals surface area contributed by atoms with Crippen LogP contribution in [-0.2, 0) is 6.54 Å². The van der Waals surface area contributed by atoms with Gasteiger partial charge in [0, 0.05) is 23.3 Å². The molecule has 0 saturated carbocycles. The molecule has 9 nitrogen and oxygen atoms in total. The van der Waals surface area contributed by atoms with E-state index in [9.17, 15) is 14.4 Å². The van der Waals surface area contributed by atoms with E-state index in [0.717, 1.165) is 16.7 Å². The summed E-state index contributed by atoms with van der Waals surface area (Å²) in [6, 6.07) is 23.5. The van der Waals surface area contributed by atoms with E-state index in [-0.39, 0.29) is 5.69 Å². The molecule has 35 heavy (non-hydrogen) atoms. The molecule has 0 atom stereocenters. The summed E-state index contributed by atoms with van der Waals surface area (Å²) in [6.07, 6.45) is 3.63. The molecule has 9 heteroatoms. The number of amides is 2. The third kappa shape index (κ3) is 4.55. The molecule has 0 spiro atoms. The maximum absolute atomic E-state index is 13.0. The van der Waals surface area contributed by atoms with Gasteiger partial charge in [0.05, 0.1) is 11.9 Å². The van der Waals surface area contributed by atoms with Crippen LogP contribution in [0.25, 0.3) is 21.9 Å². The van der Waals surface area contributed by atoms with Gasteiger partial charge in [-0.2, -0.15) is 10.2 Å². The van der Waals surface area contributed by atoms with E-state index in [0.29, 0.717) is 22.9 Å². The Bertz CT molecular complexity index is 1570. The van der Waals surface area contributed by atoms with Gasteiger partial charge in [0.1, 0.15) is 0 Å². The van der Waals surface area contributed by atoms with Crippen LogP contribution in [0.4, 0.5) is 0 Å². The molecule has 2 amide bonds. The average Bonchev–Trinajstić information content (AvgIpc) is 3.41. The van der Waals surface area contributed by atoms with E-state index in [1.54, 1.807) is 42.6 Å². The maximum atomic E-state index is 13.0. The Morgan fingerprint density at radius 3 is 2.31 bits per heavy atom. The van der Waals surface area contributed by atoms with E-state index in [1.165, 1.54) is 0 Å². The van der Waals surface area contributed by atoms with Crippen molar-refractivity contribution in [1.82, 2.24) is 30.8 Å². The molecule has 2 heterocycles. The van der Waals surface area contributed by atoms with Crippen molar-refractivity contribution in [3.8, 4) is 11.1 Å². The molecule has 5 aromatic rings. The average molecular weight is 464 g/mol. The van der Waals surface area contributed by atoms with E-state index < -0.39 is 17.4 Å². The molecule has 0 bridgehead atoms. The predicted molar refractivity (Wildman–Crippen MR) is 131 cm³/mol. The Morgan fingerprint density at radius 2 is 1.54 bits per heavy atom. The van der Waals surface area contributed by atoms with Gasteiger partial charge < -0.3 is 0 Å². The number of carbonyl (C=O) groups excluding carboxylic acids is 2. The molecule has 5 rings (SSSR count). The summed E-state index contributed by atoms with van der Waals surface area (Å²) in [5.74, 6) is -1.13. The van der Waals surface area contributed by atoms with Crippen LogP contribution >= 0.6 is 0 Å². The lowest BCUT2D eigenvalue weighted by molar-refractivity contribution is 0.0844. The summed E-state index contributed by atoms with van der Waals surface area (Å²) in [7, 11) is 0. The Hall–Kier alpha value is -5.05. The maximum Gasteiger partial charge on any atom is 0.290 e. The van der Waals surface area contributed by atoms with Gasteiger partial charge in [-0.15, -0.1) is 0 Å². The van der Waals surface area contributed by atoms with Crippen molar-refractivity contribution in [2.24, 2.45) is 0 Å². The van der Waals surface area contributed by atoms with Crippen molar-refractivity contribution < 1.29 is 9.59 Å². The first-order valence-corrected chi connectivity index (χ1v) is 10.8. The van der Waals surface area contributed by atoms with Crippen LogP contribution in [0.2, 0.25) is 0 Å². The van der Waals surface area contributed by atoms with E-state index in [2.05, 4.69) is 26.1 Å². The minimum absolute atomic E-state index is 0.00144. The number of nitrogens with zero attached hydrogens (tertiary/aromatic N) is 3. The van der Waals surface area contributed by atoms with E-state index in [1.807, 2.05) is 53.3 Å². The molecule has 0 aliphatic heterocycles. The molecule has 0 unspecified atom stereocenters. The molecular weight excluding hydrogens is 444 g/mol. The first-order chi connectivity index (χ1) is 17.1. The fourth-order valence-corrected chi connectivity index (χ4v) is 3.83. The number of hydrazine groups is 1. The summed E-state index contributed by atoms with van der Waals surface area (Å²) in [4.78, 5) is 37.6. The second-order valence-corrected chi connectivity index (χ2v) is 7.80. The lowest BCUT2D eigenvalue weighted by atomic mass is 9.98. The van der Waals surface area contributed by atoms with Crippen molar-refractivity contribution in [3.63, 3.8) is 0 Å². The summed E-state index contributed by atoms with van der Waals surface area (Å²) >= 11 is 0. The Balaban J connectivity index is 1.33. The molecule has 0 aliphatic carbocycles. The van der Waals surface area contributed by atoms with Crippen LogP contribution in [0.3, 0.4) is 0 Å². The first kappa shape index (κ1) is 21.8. The standard InChI is InChI=1S/C26H20N6O3/c33-24(30-31-26(35)23-20-7-2-4-9-22(20)25(34)29-28-23)21-8-3-1-6-19(21)18-12-10-17(11-13-18)16-32-15-5-14-27-32/h1-15H,16H2,(H,29,34)(H,30,33)(H,31,35). The molecule has 0 saturated heterocycles. The summed E-state index contributed by atoms with van der Waals surface area (Å²) in [6.45, 7) is 0.648. The van der Waals surface area contributed by atoms with Gasteiger partial charge in [0.15, 0.2) is 5.69 Å². The zero-order valence-electron chi connectivity index (χ0n) is 18.4. The van der Waals surface area contributed by atoms with Crippen LogP contribution in [-0.4, -0.2) is 31.8 Å². The molecule has 2 aromatic heterocycles. The Kier molecular flexibility index (Phi) is 5.87. The fraction of sp³-hybridized carbons (Fsp3) is 0.0385. The third-order valence-electron chi connectivity index (χ3n) is 5.54. The summed E-state index contributed by atoms with van der Waals surface area (Å²) < 4.78 is 1.83. The van der Waals surface area contributed by atoms with Gasteiger partial charge in [-0.05, 0) is 34.9 Å². The number of benzene rings is 3. The van der Waals surface area contributed by atoms with Gasteiger partial charge >= 0.3 is 0 Å². The highest BCUT2D eigenvalue weighted by Gasteiger charge is 2.17. The molecule has 3 N–H and O–H groups in total. The van der Waals surface area contributed by atoms with Gasteiger partial charge in [-0.25, -0.2) is 5.10 Å². The minimum atomic E-state index is -0.647. The molecule has 3 aromatic carbocycles. The smallest absolute Gasteiger partial charge is 0.268 e. The normalized spacial score (nSPS) is 10.7. The van der Waals surface area contributed by atoms with Gasteiger partial charge in [-0.1, -0.05) is 60.7 Å². The number of carbonyl (C=O) groups is 2. The predicted octanol–water partition coefficient (Wildman–Crippen LogP) is 2.91. The monoisotopic (exact) mass is 464 g/mol. The number of fused-ring (bicyclic) bond motifs is 1. The first-order valence-electron chi connectivity index (χ1n) is 10.8. The zero-order valence-corrected chi connectivity index (χ0v) is 18.4. The second-order valence-electron chi connectivity index (χ2n) is 7.80. The lowest BCUT2D eigenvalue weighted by Crippen LogP contribution is -2.42. The number of aromatic amines is 1. The largest absolute Gasteiger partial charge is 0.290 e. The molecule has 0 fully saturated rings. The number of aromatic nitrogens is 4. The molecule has 0 radical (unpaired) electrons. The van der Waals surface area contributed by atoms with Gasteiger partial charge in [0.25, 0.3) is 17.4 Å². The summed E-state index contributed by atoms with van der Waals surface area (Å²) in [5.41, 5.74) is 7.49. The summed E-state index contributed by atoms with van der Waals surface area (Å²) in [5, 5.41) is 11.1. The number of hydrogen-bond acceptors (Lipinski definition) is 5. The molecule has 172 valence electrons.